The zero-order valence-corrected chi connectivity index (χ0v) is 10.4. The van der Waals surface area contributed by atoms with Crippen LogP contribution in [0.4, 0.5) is 0 Å². The van der Waals surface area contributed by atoms with Crippen LogP contribution in [0.15, 0.2) is 29.6 Å². The molecule has 1 nitrogen and oxygen atoms in total. The molecule has 3 rings (SSSR count). The van der Waals surface area contributed by atoms with Crippen LogP contribution in [0.2, 0.25) is 0 Å². The van der Waals surface area contributed by atoms with Crippen LogP contribution >= 0.6 is 11.3 Å². The first-order valence-corrected chi connectivity index (χ1v) is 6.87. The summed E-state index contributed by atoms with van der Waals surface area (Å²) < 4.78 is 1.43. The molecule has 0 atom stereocenters. The van der Waals surface area contributed by atoms with Gasteiger partial charge < -0.3 is 5.32 Å². The lowest BCUT2D eigenvalue weighted by atomic mass is 9.74. The topological polar surface area (TPSA) is 12.0 Å². The van der Waals surface area contributed by atoms with Gasteiger partial charge in [-0.15, -0.1) is 11.3 Å². The molecule has 1 fully saturated rings. The van der Waals surface area contributed by atoms with Crippen LogP contribution in [-0.2, 0) is 6.42 Å². The fourth-order valence-corrected chi connectivity index (χ4v) is 3.52. The second-order valence-electron chi connectivity index (χ2n) is 4.89. The minimum Gasteiger partial charge on any atom is -0.316 e. The van der Waals surface area contributed by atoms with E-state index in [2.05, 4.69) is 41.9 Å². The molecule has 2 heteroatoms. The van der Waals surface area contributed by atoms with Crippen LogP contribution in [0.25, 0.3) is 10.1 Å². The molecule has 84 valence electrons. The van der Waals surface area contributed by atoms with Crippen LogP contribution in [0.1, 0.15) is 18.9 Å². The molecule has 0 amide bonds. The Morgan fingerprint density at radius 1 is 1.31 bits per heavy atom. The van der Waals surface area contributed by atoms with Gasteiger partial charge in [-0.2, -0.15) is 0 Å². The molecule has 0 spiro atoms. The van der Waals surface area contributed by atoms with Gasteiger partial charge in [0.05, 0.1) is 0 Å². The molecule has 16 heavy (non-hydrogen) atoms. The summed E-state index contributed by atoms with van der Waals surface area (Å²) in [4.78, 5) is 0. The number of hydrogen-bond acceptors (Lipinski definition) is 2. The number of benzene rings is 1. The van der Waals surface area contributed by atoms with Gasteiger partial charge in [0.25, 0.3) is 0 Å². The minimum absolute atomic E-state index is 0.532. The standard InChI is InChI=1S/C14H17NS/c1-2-14(9-15-10-14)7-11-8-16-13-6-4-3-5-12(11)13/h3-6,8,15H,2,7,9-10H2,1H3. The van der Waals surface area contributed by atoms with Gasteiger partial charge in [-0.05, 0) is 40.7 Å². The average molecular weight is 231 g/mol. The van der Waals surface area contributed by atoms with Crippen molar-refractivity contribution in [3.8, 4) is 0 Å². The average Bonchev–Trinajstić information content (AvgIpc) is 2.67. The third-order valence-corrected chi connectivity index (χ3v) is 4.89. The van der Waals surface area contributed by atoms with Crippen LogP contribution < -0.4 is 5.32 Å². The highest BCUT2D eigenvalue weighted by molar-refractivity contribution is 7.17. The van der Waals surface area contributed by atoms with Crippen molar-refractivity contribution < 1.29 is 0 Å². The van der Waals surface area contributed by atoms with Crippen LogP contribution in [-0.4, -0.2) is 13.1 Å². The Morgan fingerprint density at radius 3 is 2.81 bits per heavy atom. The molecule has 1 aliphatic heterocycles. The Kier molecular flexibility index (Phi) is 2.49. The second-order valence-corrected chi connectivity index (χ2v) is 5.80. The van der Waals surface area contributed by atoms with Gasteiger partial charge in [0.1, 0.15) is 0 Å². The smallest absolute Gasteiger partial charge is 0.0345 e. The van der Waals surface area contributed by atoms with Crippen molar-refractivity contribution in [2.24, 2.45) is 5.41 Å². The lowest BCUT2D eigenvalue weighted by Crippen LogP contribution is -2.54. The summed E-state index contributed by atoms with van der Waals surface area (Å²) >= 11 is 1.88. The van der Waals surface area contributed by atoms with Gasteiger partial charge in [0.15, 0.2) is 0 Å². The summed E-state index contributed by atoms with van der Waals surface area (Å²) in [6.07, 6.45) is 2.52. The van der Waals surface area contributed by atoms with E-state index in [-0.39, 0.29) is 0 Å². The van der Waals surface area contributed by atoms with E-state index < -0.39 is 0 Å². The number of thiophene rings is 1. The number of rotatable bonds is 3. The quantitative estimate of drug-likeness (QED) is 0.853. The Hall–Kier alpha value is -0.860. The van der Waals surface area contributed by atoms with E-state index in [1.54, 1.807) is 5.56 Å². The van der Waals surface area contributed by atoms with Gasteiger partial charge in [0.2, 0.25) is 0 Å². The van der Waals surface area contributed by atoms with Crippen LogP contribution in [0.5, 0.6) is 0 Å². The van der Waals surface area contributed by atoms with Crippen LogP contribution in [0, 0.1) is 5.41 Å². The maximum atomic E-state index is 3.42. The predicted molar refractivity (Wildman–Crippen MR) is 71.1 cm³/mol. The summed E-state index contributed by atoms with van der Waals surface area (Å²) in [6.45, 7) is 4.69. The zero-order valence-electron chi connectivity index (χ0n) is 9.62. The first-order chi connectivity index (χ1) is 7.83. The van der Waals surface area contributed by atoms with Crippen molar-refractivity contribution in [3.63, 3.8) is 0 Å². The summed E-state index contributed by atoms with van der Waals surface area (Å²) in [7, 11) is 0. The Labute approximate surface area is 100 Å². The van der Waals surface area contributed by atoms with E-state index >= 15 is 0 Å². The van der Waals surface area contributed by atoms with Gasteiger partial charge >= 0.3 is 0 Å². The predicted octanol–water partition coefficient (Wildman–Crippen LogP) is 3.44. The van der Waals surface area contributed by atoms with E-state index in [0.717, 1.165) is 0 Å². The first-order valence-electron chi connectivity index (χ1n) is 5.99. The van der Waals surface area contributed by atoms with E-state index in [0.29, 0.717) is 5.41 Å². The van der Waals surface area contributed by atoms with Crippen molar-refractivity contribution in [2.45, 2.75) is 19.8 Å². The normalized spacial score (nSPS) is 18.6. The monoisotopic (exact) mass is 231 g/mol. The maximum absolute atomic E-state index is 3.42. The molecule has 1 aromatic carbocycles. The zero-order chi connectivity index (χ0) is 11.0. The van der Waals surface area contributed by atoms with Gasteiger partial charge in [0, 0.05) is 17.8 Å². The lowest BCUT2D eigenvalue weighted by Gasteiger charge is -2.42. The van der Waals surface area contributed by atoms with Crippen molar-refractivity contribution in [1.82, 2.24) is 5.32 Å². The number of nitrogens with one attached hydrogen (secondary N) is 1. The molecule has 1 saturated heterocycles. The highest BCUT2D eigenvalue weighted by atomic mass is 32.1. The van der Waals surface area contributed by atoms with Crippen molar-refractivity contribution >= 4 is 21.4 Å². The summed E-state index contributed by atoms with van der Waals surface area (Å²) in [5.41, 5.74) is 2.08. The van der Waals surface area contributed by atoms with Crippen molar-refractivity contribution in [3.05, 3.63) is 35.2 Å². The third-order valence-electron chi connectivity index (χ3n) is 3.88. The maximum Gasteiger partial charge on any atom is 0.0345 e. The molecule has 0 unspecified atom stereocenters. The number of fused-ring (bicyclic) bond motifs is 1. The molecule has 0 bridgehead atoms. The largest absolute Gasteiger partial charge is 0.316 e. The molecule has 2 aromatic rings. The highest BCUT2D eigenvalue weighted by Crippen LogP contribution is 2.35. The molecular formula is C14H17NS. The number of hydrogen-bond donors (Lipinski definition) is 1. The lowest BCUT2D eigenvalue weighted by molar-refractivity contribution is 0.161. The summed E-state index contributed by atoms with van der Waals surface area (Å²) in [6, 6.07) is 8.76. The molecule has 1 N–H and O–H groups in total. The van der Waals surface area contributed by atoms with Crippen molar-refractivity contribution in [1.29, 1.82) is 0 Å². The van der Waals surface area contributed by atoms with Crippen LogP contribution in [0.3, 0.4) is 0 Å². The Balaban J connectivity index is 1.94. The molecule has 0 saturated carbocycles. The summed E-state index contributed by atoms with van der Waals surface area (Å²) in [5.74, 6) is 0. The molecule has 2 heterocycles. The van der Waals surface area contributed by atoms with E-state index in [9.17, 15) is 0 Å². The molecular weight excluding hydrogens is 214 g/mol. The fraction of sp³-hybridized carbons (Fsp3) is 0.429. The second kappa shape index (κ2) is 3.86. The van der Waals surface area contributed by atoms with Gasteiger partial charge in [-0.25, -0.2) is 0 Å². The Bertz CT molecular complexity index is 491. The summed E-state index contributed by atoms with van der Waals surface area (Å²) in [5, 5.41) is 7.23. The van der Waals surface area contributed by atoms with E-state index in [1.165, 1.54) is 36.0 Å². The third kappa shape index (κ3) is 1.57. The molecule has 0 aliphatic carbocycles. The molecule has 1 aromatic heterocycles. The van der Waals surface area contributed by atoms with Crippen molar-refractivity contribution in [2.75, 3.05) is 13.1 Å². The highest BCUT2D eigenvalue weighted by Gasteiger charge is 2.35. The van der Waals surface area contributed by atoms with E-state index in [4.69, 9.17) is 0 Å². The van der Waals surface area contributed by atoms with Gasteiger partial charge in [-0.1, -0.05) is 25.1 Å². The van der Waals surface area contributed by atoms with E-state index in [1.807, 2.05) is 11.3 Å². The fourth-order valence-electron chi connectivity index (χ4n) is 2.55. The molecule has 0 radical (unpaired) electrons. The molecule has 1 aliphatic rings. The first kappa shape index (κ1) is 10.3. The van der Waals surface area contributed by atoms with Gasteiger partial charge in [-0.3, -0.25) is 0 Å². The Morgan fingerprint density at radius 2 is 2.12 bits per heavy atom. The minimum atomic E-state index is 0.532. The SMILES string of the molecule is CCC1(Cc2csc3ccccc23)CNC1.